The molecule has 0 bridgehead atoms. The normalized spacial score (nSPS) is 17.2. The van der Waals surface area contributed by atoms with Crippen LogP contribution in [0, 0.1) is 0 Å². The molecule has 1 fully saturated rings. The average molecular weight is 320 g/mol. The monoisotopic (exact) mass is 319 g/mol. The second-order valence-corrected chi connectivity index (χ2v) is 6.55. The van der Waals surface area contributed by atoms with Crippen LogP contribution in [0.3, 0.4) is 0 Å². The van der Waals surface area contributed by atoms with Crippen molar-refractivity contribution in [2.75, 3.05) is 18.8 Å². The molecular formula is C13H15Cl2NO2S. The summed E-state index contributed by atoms with van der Waals surface area (Å²) in [6.07, 6.45) is 0.671. The number of rotatable bonds is 4. The van der Waals surface area contributed by atoms with Gasteiger partial charge >= 0.3 is 0 Å². The predicted octanol–water partition coefficient (Wildman–Crippen LogP) is 3.07. The summed E-state index contributed by atoms with van der Waals surface area (Å²) in [6.45, 7) is 2.76. The van der Waals surface area contributed by atoms with E-state index in [2.05, 4.69) is 0 Å². The molecule has 19 heavy (non-hydrogen) atoms. The van der Waals surface area contributed by atoms with Crippen LogP contribution in [-0.4, -0.2) is 40.4 Å². The molecule has 0 spiro atoms. The molecule has 6 heteroatoms. The van der Waals surface area contributed by atoms with Gasteiger partial charge in [-0.3, -0.25) is 4.79 Å². The summed E-state index contributed by atoms with van der Waals surface area (Å²) in [6, 6.07) is 5.18. The summed E-state index contributed by atoms with van der Waals surface area (Å²) in [5.41, 5.74) is -0.686. The van der Waals surface area contributed by atoms with Crippen molar-refractivity contribution in [2.24, 2.45) is 0 Å². The lowest BCUT2D eigenvalue weighted by Crippen LogP contribution is -2.63. The van der Waals surface area contributed by atoms with Crippen LogP contribution in [0.5, 0.6) is 0 Å². The van der Waals surface area contributed by atoms with Crippen LogP contribution < -0.4 is 0 Å². The van der Waals surface area contributed by atoms with Crippen molar-refractivity contribution in [3.63, 3.8) is 0 Å². The molecule has 0 saturated carbocycles. The molecule has 1 aromatic rings. The molecule has 0 radical (unpaired) electrons. The van der Waals surface area contributed by atoms with Crippen LogP contribution in [0.1, 0.15) is 13.3 Å². The van der Waals surface area contributed by atoms with E-state index in [1.54, 1.807) is 23.1 Å². The lowest BCUT2D eigenvalue weighted by molar-refractivity contribution is -0.152. The highest BCUT2D eigenvalue weighted by Crippen LogP contribution is 2.31. The van der Waals surface area contributed by atoms with Gasteiger partial charge in [0, 0.05) is 9.92 Å². The largest absolute Gasteiger partial charge is 0.386 e. The van der Waals surface area contributed by atoms with Gasteiger partial charge in [-0.1, -0.05) is 30.1 Å². The smallest absolute Gasteiger partial charge is 0.233 e. The van der Waals surface area contributed by atoms with Crippen molar-refractivity contribution in [1.82, 2.24) is 4.90 Å². The molecule has 1 N–H and O–H groups in total. The van der Waals surface area contributed by atoms with E-state index < -0.39 is 5.60 Å². The summed E-state index contributed by atoms with van der Waals surface area (Å²) >= 11 is 13.3. The first-order valence-corrected chi connectivity index (χ1v) is 7.76. The SMILES string of the molecule is CCC1(O)CN(C(=O)CSc2cc(Cl)ccc2Cl)C1. The van der Waals surface area contributed by atoms with Crippen molar-refractivity contribution in [2.45, 2.75) is 23.8 Å². The second-order valence-electron chi connectivity index (χ2n) is 4.69. The van der Waals surface area contributed by atoms with Crippen LogP contribution in [0.15, 0.2) is 23.1 Å². The molecule has 3 nitrogen and oxygen atoms in total. The number of nitrogens with zero attached hydrogens (tertiary/aromatic N) is 1. The van der Waals surface area contributed by atoms with Gasteiger partial charge in [-0.25, -0.2) is 0 Å². The number of amides is 1. The third-order valence-electron chi connectivity index (χ3n) is 3.23. The Bertz CT molecular complexity index is 490. The van der Waals surface area contributed by atoms with Crippen molar-refractivity contribution in [3.05, 3.63) is 28.2 Å². The van der Waals surface area contributed by atoms with E-state index in [1.807, 2.05) is 6.92 Å². The maximum absolute atomic E-state index is 11.9. The lowest BCUT2D eigenvalue weighted by atomic mass is 9.91. The van der Waals surface area contributed by atoms with Gasteiger partial charge in [0.05, 0.1) is 29.5 Å². The number of β-amino-alcohol motifs (C(OH)–C–C–N with tert-alkyl or cyclic N) is 1. The highest BCUT2D eigenvalue weighted by Gasteiger charge is 2.41. The van der Waals surface area contributed by atoms with E-state index in [0.29, 0.717) is 35.3 Å². The molecule has 104 valence electrons. The van der Waals surface area contributed by atoms with Gasteiger partial charge in [0.1, 0.15) is 0 Å². The van der Waals surface area contributed by atoms with Crippen LogP contribution in [0.2, 0.25) is 10.0 Å². The molecule has 0 unspecified atom stereocenters. The first-order valence-electron chi connectivity index (χ1n) is 6.01. The number of carbonyl (C=O) groups is 1. The molecule has 0 atom stereocenters. The van der Waals surface area contributed by atoms with Gasteiger partial charge in [0.2, 0.25) is 5.91 Å². The first kappa shape index (κ1) is 15.0. The standard InChI is InChI=1S/C13H15Cl2NO2S/c1-2-13(18)7-16(8-13)12(17)6-19-11-5-9(14)3-4-10(11)15/h3-5,18H,2,6-8H2,1H3. The zero-order valence-corrected chi connectivity index (χ0v) is 12.9. The quantitative estimate of drug-likeness (QED) is 0.867. The number of hydrogen-bond donors (Lipinski definition) is 1. The Labute approximate surface area is 126 Å². The molecule has 0 aliphatic carbocycles. The van der Waals surface area contributed by atoms with Crippen molar-refractivity contribution < 1.29 is 9.90 Å². The zero-order valence-electron chi connectivity index (χ0n) is 10.5. The van der Waals surface area contributed by atoms with Gasteiger partial charge in [0.25, 0.3) is 0 Å². The van der Waals surface area contributed by atoms with E-state index in [9.17, 15) is 9.90 Å². The fourth-order valence-corrected chi connectivity index (χ4v) is 3.28. The Hall–Kier alpha value is -0.420. The van der Waals surface area contributed by atoms with E-state index in [4.69, 9.17) is 23.2 Å². The van der Waals surface area contributed by atoms with E-state index in [-0.39, 0.29) is 5.91 Å². The Balaban J connectivity index is 1.86. The minimum atomic E-state index is -0.686. The van der Waals surface area contributed by atoms with Crippen LogP contribution in [0.4, 0.5) is 0 Å². The first-order chi connectivity index (χ1) is 8.93. The summed E-state index contributed by atoms with van der Waals surface area (Å²) in [5, 5.41) is 11.1. The van der Waals surface area contributed by atoms with E-state index >= 15 is 0 Å². The van der Waals surface area contributed by atoms with Gasteiger partial charge in [0.15, 0.2) is 0 Å². The van der Waals surface area contributed by atoms with Crippen LogP contribution in [0.25, 0.3) is 0 Å². The highest BCUT2D eigenvalue weighted by molar-refractivity contribution is 8.00. The number of halogens is 2. The third kappa shape index (κ3) is 3.57. The highest BCUT2D eigenvalue weighted by atomic mass is 35.5. The Morgan fingerprint density at radius 2 is 2.16 bits per heavy atom. The summed E-state index contributed by atoms with van der Waals surface area (Å²) in [7, 11) is 0. The molecule has 1 amide bonds. The number of hydrogen-bond acceptors (Lipinski definition) is 3. The Morgan fingerprint density at radius 1 is 1.47 bits per heavy atom. The fraction of sp³-hybridized carbons (Fsp3) is 0.462. The maximum atomic E-state index is 11.9. The topological polar surface area (TPSA) is 40.5 Å². The zero-order chi connectivity index (χ0) is 14.0. The summed E-state index contributed by atoms with van der Waals surface area (Å²) < 4.78 is 0. The van der Waals surface area contributed by atoms with Gasteiger partial charge in [-0.15, -0.1) is 11.8 Å². The molecule has 1 aromatic carbocycles. The predicted molar refractivity (Wildman–Crippen MR) is 79.0 cm³/mol. The number of thioether (sulfide) groups is 1. The lowest BCUT2D eigenvalue weighted by Gasteiger charge is -2.46. The molecule has 0 aromatic heterocycles. The minimum Gasteiger partial charge on any atom is -0.386 e. The third-order valence-corrected chi connectivity index (χ3v) is 4.94. The van der Waals surface area contributed by atoms with E-state index in [1.165, 1.54) is 11.8 Å². The molecule has 1 saturated heterocycles. The summed E-state index contributed by atoms with van der Waals surface area (Å²) in [4.78, 5) is 14.4. The number of carbonyl (C=O) groups excluding carboxylic acids is 1. The van der Waals surface area contributed by atoms with Crippen LogP contribution >= 0.6 is 35.0 Å². The molecular weight excluding hydrogens is 305 g/mol. The van der Waals surface area contributed by atoms with Gasteiger partial charge in [-0.2, -0.15) is 0 Å². The van der Waals surface area contributed by atoms with Crippen molar-refractivity contribution in [3.8, 4) is 0 Å². The number of aliphatic hydroxyl groups is 1. The van der Waals surface area contributed by atoms with Crippen molar-refractivity contribution >= 4 is 40.9 Å². The van der Waals surface area contributed by atoms with Crippen molar-refractivity contribution in [1.29, 1.82) is 0 Å². The Kier molecular flexibility index (Phi) is 4.66. The van der Waals surface area contributed by atoms with Gasteiger partial charge < -0.3 is 10.0 Å². The molecule has 1 aliphatic heterocycles. The van der Waals surface area contributed by atoms with Crippen LogP contribution in [-0.2, 0) is 4.79 Å². The minimum absolute atomic E-state index is 0.0131. The Morgan fingerprint density at radius 3 is 2.79 bits per heavy atom. The molecule has 1 aliphatic rings. The maximum Gasteiger partial charge on any atom is 0.233 e. The van der Waals surface area contributed by atoms with Gasteiger partial charge in [-0.05, 0) is 24.6 Å². The molecule has 1 heterocycles. The van der Waals surface area contributed by atoms with E-state index in [0.717, 1.165) is 4.90 Å². The second kappa shape index (κ2) is 5.92. The molecule has 2 rings (SSSR count). The number of benzene rings is 1. The average Bonchev–Trinajstić information content (AvgIpc) is 2.35. The number of likely N-dealkylation sites (tertiary alicyclic amines) is 1. The summed E-state index contributed by atoms with van der Waals surface area (Å²) in [5.74, 6) is 0.319. The fourth-order valence-electron chi connectivity index (χ4n) is 1.88.